The van der Waals surface area contributed by atoms with E-state index in [0.29, 0.717) is 17.5 Å². The molecule has 0 atom stereocenters. The second-order valence-electron chi connectivity index (χ2n) is 17.3. The summed E-state index contributed by atoms with van der Waals surface area (Å²) in [5.41, 5.74) is 18.7. The zero-order valence-corrected chi connectivity index (χ0v) is 35.6. The first kappa shape index (κ1) is 37.5. The highest BCUT2D eigenvalue weighted by Gasteiger charge is 2.35. The Morgan fingerprint density at radius 2 is 0.781 bits per heavy atom. The maximum absolute atomic E-state index is 4.98. The van der Waals surface area contributed by atoms with E-state index in [-0.39, 0.29) is 5.41 Å². The van der Waals surface area contributed by atoms with E-state index in [9.17, 15) is 0 Å². The van der Waals surface area contributed by atoms with Gasteiger partial charge in [0.05, 0.1) is 11.0 Å². The van der Waals surface area contributed by atoms with Crippen LogP contribution in [0.25, 0.3) is 106 Å². The lowest BCUT2D eigenvalue weighted by molar-refractivity contribution is 0.660. The zero-order valence-electron chi connectivity index (χ0n) is 35.6. The smallest absolute Gasteiger partial charge is 0.164 e. The highest BCUT2D eigenvalue weighted by atomic mass is 15.0. The summed E-state index contributed by atoms with van der Waals surface area (Å²) >= 11 is 0. The summed E-state index contributed by atoms with van der Waals surface area (Å²) in [4.78, 5) is 14.8. The normalized spacial score (nSPS) is 12.7. The van der Waals surface area contributed by atoms with Gasteiger partial charge in [-0.2, -0.15) is 0 Å². The standard InChI is InChI=1S/C60H42N4/c1-60(2)53-24-13-12-23-49(53)50-32-29-46(37-54(50)60)45-31-34-55-52(36-45)51-33-30-47(38-56(51)64(55)48-22-14-21-44(35-48)39-15-6-3-7-16-39)40-25-27-43(28-26-40)59-62-57(41-17-8-4-9-18-41)61-58(63-59)42-19-10-5-11-20-42/h3-38H,1-2H3. The Morgan fingerprint density at radius 1 is 0.312 bits per heavy atom. The lowest BCUT2D eigenvalue weighted by Crippen LogP contribution is -2.14. The van der Waals surface area contributed by atoms with E-state index in [1.165, 1.54) is 60.8 Å². The molecule has 12 rings (SSSR count). The van der Waals surface area contributed by atoms with E-state index in [1.54, 1.807) is 0 Å². The molecule has 9 aromatic carbocycles. The van der Waals surface area contributed by atoms with Gasteiger partial charge in [-0.15, -0.1) is 0 Å². The first-order chi connectivity index (χ1) is 31.5. The predicted molar refractivity (Wildman–Crippen MR) is 264 cm³/mol. The van der Waals surface area contributed by atoms with E-state index in [1.807, 2.05) is 60.7 Å². The molecule has 2 heterocycles. The first-order valence-electron chi connectivity index (χ1n) is 21.9. The Bertz CT molecular complexity index is 3490. The van der Waals surface area contributed by atoms with Gasteiger partial charge in [-0.3, -0.25) is 0 Å². The third-order valence-electron chi connectivity index (χ3n) is 13.1. The van der Waals surface area contributed by atoms with E-state index in [0.717, 1.165) is 39.0 Å². The van der Waals surface area contributed by atoms with Crippen LogP contribution in [0.2, 0.25) is 0 Å². The highest BCUT2D eigenvalue weighted by molar-refractivity contribution is 6.11. The second-order valence-corrected chi connectivity index (χ2v) is 17.3. The summed E-state index contributed by atoms with van der Waals surface area (Å²) in [6.45, 7) is 4.70. The highest BCUT2D eigenvalue weighted by Crippen LogP contribution is 2.50. The van der Waals surface area contributed by atoms with Crippen LogP contribution in [0.1, 0.15) is 25.0 Å². The number of benzene rings is 9. The molecule has 0 saturated heterocycles. The van der Waals surface area contributed by atoms with E-state index in [4.69, 9.17) is 15.0 Å². The maximum atomic E-state index is 4.98. The fourth-order valence-corrected chi connectivity index (χ4v) is 9.75. The quantitative estimate of drug-likeness (QED) is 0.161. The van der Waals surface area contributed by atoms with Gasteiger partial charge in [0, 0.05) is 38.6 Å². The van der Waals surface area contributed by atoms with Crippen molar-refractivity contribution in [2.24, 2.45) is 0 Å². The molecule has 0 aliphatic heterocycles. The molecule has 0 unspecified atom stereocenters. The molecule has 64 heavy (non-hydrogen) atoms. The molecule has 2 aromatic heterocycles. The molecule has 0 bridgehead atoms. The van der Waals surface area contributed by atoms with Crippen molar-refractivity contribution in [2.75, 3.05) is 0 Å². The molecule has 0 saturated carbocycles. The summed E-state index contributed by atoms with van der Waals surface area (Å²) in [7, 11) is 0. The van der Waals surface area contributed by atoms with Crippen LogP contribution in [0.15, 0.2) is 218 Å². The van der Waals surface area contributed by atoms with Gasteiger partial charge in [-0.05, 0) is 92.0 Å². The van der Waals surface area contributed by atoms with Gasteiger partial charge >= 0.3 is 0 Å². The number of fused-ring (bicyclic) bond motifs is 6. The predicted octanol–water partition coefficient (Wildman–Crippen LogP) is 15.3. The average molecular weight is 819 g/mol. The summed E-state index contributed by atoms with van der Waals surface area (Å²) in [5.74, 6) is 1.94. The Kier molecular flexibility index (Phi) is 8.80. The van der Waals surface area contributed by atoms with Gasteiger partial charge in [0.2, 0.25) is 0 Å². The lowest BCUT2D eigenvalue weighted by atomic mass is 9.81. The summed E-state index contributed by atoms with van der Waals surface area (Å²) in [6.07, 6.45) is 0. The molecule has 1 aliphatic carbocycles. The number of aromatic nitrogens is 4. The van der Waals surface area contributed by atoms with Gasteiger partial charge in [-0.25, -0.2) is 15.0 Å². The van der Waals surface area contributed by atoms with Gasteiger partial charge in [-0.1, -0.05) is 196 Å². The van der Waals surface area contributed by atoms with E-state index >= 15 is 0 Å². The molecule has 0 spiro atoms. The van der Waals surface area contributed by atoms with Crippen molar-refractivity contribution in [1.82, 2.24) is 19.5 Å². The van der Waals surface area contributed by atoms with Crippen LogP contribution in [0.5, 0.6) is 0 Å². The molecule has 0 fully saturated rings. The third kappa shape index (κ3) is 6.34. The Balaban J connectivity index is 0.976. The van der Waals surface area contributed by atoms with Crippen molar-refractivity contribution in [3.63, 3.8) is 0 Å². The van der Waals surface area contributed by atoms with Crippen molar-refractivity contribution in [2.45, 2.75) is 19.3 Å². The molecule has 4 nitrogen and oxygen atoms in total. The minimum Gasteiger partial charge on any atom is -0.309 e. The minimum atomic E-state index is -0.0675. The van der Waals surface area contributed by atoms with E-state index in [2.05, 4.69) is 176 Å². The zero-order chi connectivity index (χ0) is 42.8. The van der Waals surface area contributed by atoms with Crippen LogP contribution in [-0.4, -0.2) is 19.5 Å². The van der Waals surface area contributed by atoms with Crippen LogP contribution in [-0.2, 0) is 5.41 Å². The largest absolute Gasteiger partial charge is 0.309 e. The molecule has 1 aliphatic rings. The topological polar surface area (TPSA) is 43.6 Å². The molecular weight excluding hydrogens is 777 g/mol. The molecule has 4 heteroatoms. The minimum absolute atomic E-state index is 0.0675. The Hall–Kier alpha value is -8.21. The van der Waals surface area contributed by atoms with Crippen molar-refractivity contribution >= 4 is 21.8 Å². The molecule has 302 valence electrons. The monoisotopic (exact) mass is 818 g/mol. The SMILES string of the molecule is CC1(C)c2ccccc2-c2ccc(-c3ccc4c(c3)c3ccc(-c5ccc(-c6nc(-c7ccccc7)nc(-c7ccccc7)n6)cc5)cc3n4-c3cccc(-c4ccccc4)c3)cc21. The maximum Gasteiger partial charge on any atom is 0.164 e. The molecule has 11 aromatic rings. The number of hydrogen-bond acceptors (Lipinski definition) is 3. The van der Waals surface area contributed by atoms with E-state index < -0.39 is 0 Å². The molecule has 0 amide bonds. The Morgan fingerprint density at radius 3 is 1.47 bits per heavy atom. The van der Waals surface area contributed by atoms with Gasteiger partial charge in [0.1, 0.15) is 0 Å². The van der Waals surface area contributed by atoms with Crippen LogP contribution in [0.4, 0.5) is 0 Å². The summed E-state index contributed by atoms with van der Waals surface area (Å²) in [5, 5.41) is 2.43. The van der Waals surface area contributed by atoms with Gasteiger partial charge < -0.3 is 4.57 Å². The van der Waals surface area contributed by atoms with Crippen LogP contribution < -0.4 is 0 Å². The second kappa shape index (κ2) is 15.0. The summed E-state index contributed by atoms with van der Waals surface area (Å²) in [6, 6.07) is 78.2. The molecule has 0 radical (unpaired) electrons. The fourth-order valence-electron chi connectivity index (χ4n) is 9.75. The third-order valence-corrected chi connectivity index (χ3v) is 13.1. The summed E-state index contributed by atoms with van der Waals surface area (Å²) < 4.78 is 2.43. The number of hydrogen-bond donors (Lipinski definition) is 0. The molecular formula is C60H42N4. The average Bonchev–Trinajstić information content (AvgIpc) is 3.81. The van der Waals surface area contributed by atoms with Gasteiger partial charge in [0.25, 0.3) is 0 Å². The van der Waals surface area contributed by atoms with Crippen LogP contribution in [0, 0.1) is 0 Å². The fraction of sp³-hybridized carbons (Fsp3) is 0.0500. The van der Waals surface area contributed by atoms with Crippen molar-refractivity contribution in [3.05, 3.63) is 230 Å². The van der Waals surface area contributed by atoms with Crippen LogP contribution >= 0.6 is 0 Å². The van der Waals surface area contributed by atoms with Gasteiger partial charge in [0.15, 0.2) is 17.5 Å². The lowest BCUT2D eigenvalue weighted by Gasteiger charge is -2.22. The first-order valence-corrected chi connectivity index (χ1v) is 21.9. The molecule has 0 N–H and O–H groups in total. The number of nitrogens with zero attached hydrogens (tertiary/aromatic N) is 4. The van der Waals surface area contributed by atoms with Crippen molar-refractivity contribution in [3.8, 4) is 84.4 Å². The van der Waals surface area contributed by atoms with Crippen LogP contribution in [0.3, 0.4) is 0 Å². The van der Waals surface area contributed by atoms with Crippen molar-refractivity contribution in [1.29, 1.82) is 0 Å². The number of rotatable bonds is 7. The Labute approximate surface area is 372 Å². The van der Waals surface area contributed by atoms with Crippen molar-refractivity contribution < 1.29 is 0 Å².